The first kappa shape index (κ1) is 17.3. The lowest BCUT2D eigenvalue weighted by Crippen LogP contribution is -2.30. The van der Waals surface area contributed by atoms with Gasteiger partial charge in [-0.3, -0.25) is 0 Å². The lowest BCUT2D eigenvalue weighted by atomic mass is 10.0. The Morgan fingerprint density at radius 2 is 1.88 bits per heavy atom. The Morgan fingerprint density at radius 3 is 2.50 bits per heavy atom. The smallest absolute Gasteiger partial charge is 0.253 e. The Balaban J connectivity index is 1.96. The molecule has 7 heteroatoms. The number of hydrogen-bond acceptors (Lipinski definition) is 5. The molecule has 24 heavy (non-hydrogen) atoms. The molecule has 0 aliphatic carbocycles. The maximum absolute atomic E-state index is 13.0. The quantitative estimate of drug-likeness (QED) is 0.810. The minimum atomic E-state index is -3.47. The van der Waals surface area contributed by atoms with Crippen LogP contribution in [-0.2, 0) is 10.0 Å². The molecule has 1 aliphatic rings. The Kier molecular flexibility index (Phi) is 4.85. The Labute approximate surface area is 146 Å². The largest absolute Gasteiger partial charge is 0.493 e. The molecule has 1 aliphatic heterocycles. The maximum atomic E-state index is 13.0. The lowest BCUT2D eigenvalue weighted by Gasteiger charge is -2.24. The molecule has 1 atom stereocenters. The van der Waals surface area contributed by atoms with Crippen molar-refractivity contribution in [3.05, 3.63) is 40.8 Å². The molecule has 0 saturated carbocycles. The van der Waals surface area contributed by atoms with Crippen molar-refractivity contribution in [3.63, 3.8) is 0 Å². The van der Waals surface area contributed by atoms with E-state index in [1.807, 2.05) is 31.2 Å². The zero-order valence-corrected chi connectivity index (χ0v) is 15.6. The van der Waals surface area contributed by atoms with Gasteiger partial charge in [-0.1, -0.05) is 6.07 Å². The second kappa shape index (κ2) is 6.74. The van der Waals surface area contributed by atoms with Crippen molar-refractivity contribution in [2.45, 2.75) is 30.0 Å². The average Bonchev–Trinajstić information content (AvgIpc) is 3.23. The van der Waals surface area contributed by atoms with E-state index in [1.54, 1.807) is 24.6 Å². The summed E-state index contributed by atoms with van der Waals surface area (Å²) in [6.45, 7) is 2.46. The summed E-state index contributed by atoms with van der Waals surface area (Å²) in [5, 5.41) is 0. The molecule has 1 unspecified atom stereocenters. The number of rotatable bonds is 5. The van der Waals surface area contributed by atoms with Crippen molar-refractivity contribution < 1.29 is 17.9 Å². The predicted octanol–water partition coefficient (Wildman–Crippen LogP) is 3.60. The predicted molar refractivity (Wildman–Crippen MR) is 94.5 cm³/mol. The third-order valence-corrected chi connectivity index (χ3v) is 7.65. The molecular formula is C17H21NO4S2. The van der Waals surface area contributed by atoms with E-state index in [0.717, 1.165) is 23.3 Å². The number of benzene rings is 1. The van der Waals surface area contributed by atoms with E-state index < -0.39 is 10.0 Å². The van der Waals surface area contributed by atoms with Crippen LogP contribution >= 0.6 is 11.3 Å². The normalized spacial score (nSPS) is 18.7. The first-order valence-electron chi connectivity index (χ1n) is 7.77. The summed E-state index contributed by atoms with van der Waals surface area (Å²) in [6.07, 6.45) is 1.65. The first-order valence-corrected chi connectivity index (χ1v) is 10.0. The summed E-state index contributed by atoms with van der Waals surface area (Å²) >= 11 is 1.32. The van der Waals surface area contributed by atoms with Gasteiger partial charge in [-0.05, 0) is 49.6 Å². The fraction of sp³-hybridized carbons (Fsp3) is 0.412. The monoisotopic (exact) mass is 367 g/mol. The van der Waals surface area contributed by atoms with Gasteiger partial charge >= 0.3 is 0 Å². The highest BCUT2D eigenvalue weighted by Gasteiger charge is 2.37. The Bertz CT molecular complexity index is 829. The molecule has 1 aromatic carbocycles. The Morgan fingerprint density at radius 1 is 1.12 bits per heavy atom. The number of thiophene rings is 1. The molecule has 0 N–H and O–H groups in total. The van der Waals surface area contributed by atoms with Gasteiger partial charge in [-0.2, -0.15) is 4.31 Å². The molecule has 0 bridgehead atoms. The van der Waals surface area contributed by atoms with Gasteiger partial charge in [0.05, 0.1) is 20.3 Å². The van der Waals surface area contributed by atoms with E-state index in [-0.39, 0.29) is 6.04 Å². The van der Waals surface area contributed by atoms with Crippen molar-refractivity contribution in [1.29, 1.82) is 0 Å². The fourth-order valence-electron chi connectivity index (χ4n) is 3.09. The van der Waals surface area contributed by atoms with Crippen LogP contribution < -0.4 is 9.47 Å². The number of aryl methyl sites for hydroxylation is 1. The molecule has 2 heterocycles. The number of methoxy groups -OCH3 is 2. The summed E-state index contributed by atoms with van der Waals surface area (Å²) in [7, 11) is -0.302. The van der Waals surface area contributed by atoms with Crippen molar-refractivity contribution in [2.75, 3.05) is 20.8 Å². The minimum absolute atomic E-state index is 0.169. The highest BCUT2D eigenvalue weighted by atomic mass is 32.2. The molecule has 1 saturated heterocycles. The van der Waals surface area contributed by atoms with E-state index in [2.05, 4.69) is 0 Å². The lowest BCUT2D eigenvalue weighted by molar-refractivity contribution is 0.351. The molecule has 0 amide bonds. The van der Waals surface area contributed by atoms with Crippen LogP contribution in [0.2, 0.25) is 0 Å². The first-order chi connectivity index (χ1) is 11.5. The van der Waals surface area contributed by atoms with Crippen LogP contribution in [0.15, 0.2) is 34.5 Å². The van der Waals surface area contributed by atoms with Gasteiger partial charge in [0, 0.05) is 11.4 Å². The average molecular weight is 367 g/mol. The van der Waals surface area contributed by atoms with Gasteiger partial charge in [-0.15, -0.1) is 11.3 Å². The molecule has 1 aromatic heterocycles. The number of hydrogen-bond donors (Lipinski definition) is 0. The Hall–Kier alpha value is -1.57. The highest BCUT2D eigenvalue weighted by Crippen LogP contribution is 2.40. The van der Waals surface area contributed by atoms with Crippen LogP contribution in [0.5, 0.6) is 11.5 Å². The summed E-state index contributed by atoms with van der Waals surface area (Å²) < 4.78 is 38.6. The summed E-state index contributed by atoms with van der Waals surface area (Å²) in [5.74, 6) is 1.26. The molecule has 5 nitrogen and oxygen atoms in total. The van der Waals surface area contributed by atoms with Gasteiger partial charge in [0.2, 0.25) is 0 Å². The maximum Gasteiger partial charge on any atom is 0.253 e. The molecule has 130 valence electrons. The third kappa shape index (κ3) is 3.03. The second-order valence-electron chi connectivity index (χ2n) is 5.75. The van der Waals surface area contributed by atoms with Crippen molar-refractivity contribution >= 4 is 21.4 Å². The van der Waals surface area contributed by atoms with Crippen LogP contribution in [0.1, 0.15) is 29.3 Å². The minimum Gasteiger partial charge on any atom is -0.493 e. The van der Waals surface area contributed by atoms with Crippen LogP contribution in [0.3, 0.4) is 0 Å². The van der Waals surface area contributed by atoms with Crippen LogP contribution in [0.25, 0.3) is 0 Å². The molecule has 0 radical (unpaired) electrons. The molecule has 1 fully saturated rings. The number of nitrogens with zero attached hydrogens (tertiary/aromatic N) is 1. The van der Waals surface area contributed by atoms with Gasteiger partial charge in [0.1, 0.15) is 4.21 Å². The zero-order chi connectivity index (χ0) is 17.3. The summed E-state index contributed by atoms with van der Waals surface area (Å²) in [5.41, 5.74) is 0.932. The van der Waals surface area contributed by atoms with E-state index in [4.69, 9.17) is 9.47 Å². The fourth-order valence-corrected chi connectivity index (χ4v) is 6.18. The van der Waals surface area contributed by atoms with Gasteiger partial charge < -0.3 is 9.47 Å². The summed E-state index contributed by atoms with van der Waals surface area (Å²) in [4.78, 5) is 0.996. The van der Waals surface area contributed by atoms with Crippen LogP contribution in [0.4, 0.5) is 0 Å². The highest BCUT2D eigenvalue weighted by molar-refractivity contribution is 7.91. The van der Waals surface area contributed by atoms with Crippen molar-refractivity contribution in [3.8, 4) is 11.5 Å². The van der Waals surface area contributed by atoms with Gasteiger partial charge in [0.15, 0.2) is 11.5 Å². The van der Waals surface area contributed by atoms with E-state index in [0.29, 0.717) is 22.3 Å². The van der Waals surface area contributed by atoms with E-state index in [1.165, 1.54) is 11.3 Å². The summed E-state index contributed by atoms with van der Waals surface area (Å²) in [6, 6.07) is 8.98. The SMILES string of the molecule is COc1ccc(C2CCCN2S(=O)(=O)c2ccc(C)s2)cc1OC. The number of ether oxygens (including phenoxy) is 2. The standard InChI is InChI=1S/C17H21NO4S2/c1-12-6-9-17(23-12)24(19,20)18-10-4-5-14(18)13-7-8-15(21-2)16(11-13)22-3/h6-9,11,14H,4-5,10H2,1-3H3. The van der Waals surface area contributed by atoms with Gasteiger partial charge in [-0.25, -0.2) is 8.42 Å². The van der Waals surface area contributed by atoms with Crippen LogP contribution in [0, 0.1) is 6.92 Å². The topological polar surface area (TPSA) is 55.8 Å². The third-order valence-electron chi connectivity index (χ3n) is 4.27. The molecule has 2 aromatic rings. The van der Waals surface area contributed by atoms with E-state index >= 15 is 0 Å². The molecular weight excluding hydrogens is 346 g/mol. The zero-order valence-electron chi connectivity index (χ0n) is 14.0. The van der Waals surface area contributed by atoms with Crippen LogP contribution in [-0.4, -0.2) is 33.5 Å². The van der Waals surface area contributed by atoms with Crippen molar-refractivity contribution in [2.24, 2.45) is 0 Å². The van der Waals surface area contributed by atoms with Gasteiger partial charge in [0.25, 0.3) is 10.0 Å². The molecule has 3 rings (SSSR count). The molecule has 0 spiro atoms. The van der Waals surface area contributed by atoms with E-state index in [9.17, 15) is 8.42 Å². The second-order valence-corrected chi connectivity index (χ2v) is 9.16. The van der Waals surface area contributed by atoms with Crippen molar-refractivity contribution in [1.82, 2.24) is 4.31 Å². The number of sulfonamides is 1.